The Bertz CT molecular complexity index is 884. The van der Waals surface area contributed by atoms with E-state index in [4.69, 9.17) is 0 Å². The highest BCUT2D eigenvalue weighted by molar-refractivity contribution is 7.20. The molecule has 0 aliphatic heterocycles. The maximum absolute atomic E-state index is 12.2. The highest BCUT2D eigenvalue weighted by Crippen LogP contribution is 2.28. The molecule has 2 amide bonds. The van der Waals surface area contributed by atoms with Crippen LogP contribution in [0.25, 0.3) is 9.88 Å². The summed E-state index contributed by atoms with van der Waals surface area (Å²) in [6, 6.07) is 11.1. The Balaban J connectivity index is 1.56. The lowest BCUT2D eigenvalue weighted by atomic mass is 10.2. The van der Waals surface area contributed by atoms with Crippen molar-refractivity contribution in [1.82, 2.24) is 4.98 Å². The van der Waals surface area contributed by atoms with Gasteiger partial charge in [-0.2, -0.15) is 0 Å². The number of carbonyl (C=O) groups is 2. The predicted molar refractivity (Wildman–Crippen MR) is 108 cm³/mol. The summed E-state index contributed by atoms with van der Waals surface area (Å²) in [5, 5.41) is 10.5. The summed E-state index contributed by atoms with van der Waals surface area (Å²) < 4.78 is 0. The Kier molecular flexibility index (Phi) is 5.80. The molecule has 1 aromatic carbocycles. The maximum atomic E-state index is 12.2. The first-order valence-electron chi connectivity index (χ1n) is 8.20. The zero-order valence-corrected chi connectivity index (χ0v) is 16.1. The second kappa shape index (κ2) is 8.25. The molecule has 0 saturated heterocycles. The summed E-state index contributed by atoms with van der Waals surface area (Å²) in [5.74, 6) is -0.231. The van der Waals surface area contributed by atoms with Crippen molar-refractivity contribution in [2.75, 3.05) is 10.6 Å². The number of carbonyl (C=O) groups excluding carboxylic acids is 2. The van der Waals surface area contributed by atoms with Crippen molar-refractivity contribution < 1.29 is 9.59 Å². The summed E-state index contributed by atoms with van der Waals surface area (Å²) in [5.41, 5.74) is 2.16. The highest BCUT2D eigenvalue weighted by atomic mass is 32.1. The highest BCUT2D eigenvalue weighted by Gasteiger charge is 2.11. The minimum absolute atomic E-state index is 0.0353. The summed E-state index contributed by atoms with van der Waals surface area (Å²) in [7, 11) is 0. The zero-order valence-electron chi connectivity index (χ0n) is 14.5. The predicted octanol–water partition coefficient (Wildman–Crippen LogP) is 4.65. The van der Waals surface area contributed by atoms with Crippen LogP contribution in [0.2, 0.25) is 0 Å². The molecule has 2 N–H and O–H groups in total. The Labute approximate surface area is 160 Å². The van der Waals surface area contributed by atoms with Crippen LogP contribution in [0.1, 0.15) is 19.5 Å². The number of nitrogens with zero attached hydrogens (tertiary/aromatic N) is 1. The van der Waals surface area contributed by atoms with Crippen molar-refractivity contribution >= 4 is 45.9 Å². The van der Waals surface area contributed by atoms with Gasteiger partial charge in [-0.05, 0) is 35.7 Å². The summed E-state index contributed by atoms with van der Waals surface area (Å²) in [6.07, 6.45) is 0.230. The first-order valence-corrected chi connectivity index (χ1v) is 9.96. The molecule has 0 aliphatic rings. The second-order valence-electron chi connectivity index (χ2n) is 6.07. The monoisotopic (exact) mass is 385 g/mol. The Hall–Kier alpha value is -2.51. The van der Waals surface area contributed by atoms with Crippen molar-refractivity contribution in [3.05, 3.63) is 52.9 Å². The van der Waals surface area contributed by atoms with E-state index >= 15 is 0 Å². The average molecular weight is 386 g/mol. The second-order valence-corrected chi connectivity index (χ2v) is 7.87. The molecule has 0 spiro atoms. The van der Waals surface area contributed by atoms with Gasteiger partial charge in [0.1, 0.15) is 5.01 Å². The molecule has 134 valence electrons. The molecule has 0 unspecified atom stereocenters. The van der Waals surface area contributed by atoms with E-state index in [0.717, 1.165) is 15.6 Å². The number of amides is 2. The molecule has 0 saturated carbocycles. The fraction of sp³-hybridized carbons (Fsp3) is 0.211. The van der Waals surface area contributed by atoms with Gasteiger partial charge >= 0.3 is 0 Å². The number of aromatic nitrogens is 1. The lowest BCUT2D eigenvalue weighted by Crippen LogP contribution is -2.18. The van der Waals surface area contributed by atoms with E-state index in [1.54, 1.807) is 46.9 Å². The van der Waals surface area contributed by atoms with E-state index in [0.29, 0.717) is 11.4 Å². The fourth-order valence-corrected chi connectivity index (χ4v) is 3.83. The number of hydrogen-bond donors (Lipinski definition) is 2. The van der Waals surface area contributed by atoms with Crippen molar-refractivity contribution in [3.8, 4) is 9.88 Å². The van der Waals surface area contributed by atoms with Gasteiger partial charge in [0, 0.05) is 22.7 Å². The Morgan fingerprint density at radius 1 is 1.04 bits per heavy atom. The van der Waals surface area contributed by atoms with Crippen molar-refractivity contribution in [1.29, 1.82) is 0 Å². The van der Waals surface area contributed by atoms with E-state index in [1.807, 2.05) is 36.7 Å². The largest absolute Gasteiger partial charge is 0.326 e. The number of thiophene rings is 1. The van der Waals surface area contributed by atoms with E-state index in [9.17, 15) is 9.59 Å². The Morgan fingerprint density at radius 2 is 1.73 bits per heavy atom. The first-order chi connectivity index (χ1) is 12.5. The van der Waals surface area contributed by atoms with Crippen LogP contribution in [0.15, 0.2) is 47.2 Å². The van der Waals surface area contributed by atoms with Crippen LogP contribution >= 0.6 is 22.7 Å². The van der Waals surface area contributed by atoms with Gasteiger partial charge < -0.3 is 10.6 Å². The van der Waals surface area contributed by atoms with Gasteiger partial charge in [-0.1, -0.05) is 19.9 Å². The number of benzene rings is 1. The van der Waals surface area contributed by atoms with Gasteiger partial charge in [-0.15, -0.1) is 22.7 Å². The molecule has 7 heteroatoms. The topological polar surface area (TPSA) is 71.1 Å². The molecule has 2 aromatic heterocycles. The molecule has 0 atom stereocenters. The molecule has 5 nitrogen and oxygen atoms in total. The van der Waals surface area contributed by atoms with Crippen LogP contribution < -0.4 is 10.6 Å². The van der Waals surface area contributed by atoms with Crippen molar-refractivity contribution in [2.45, 2.75) is 20.3 Å². The normalized spacial score (nSPS) is 10.7. The van der Waals surface area contributed by atoms with Gasteiger partial charge in [0.15, 0.2) is 0 Å². The molecule has 0 aliphatic carbocycles. The van der Waals surface area contributed by atoms with E-state index in [2.05, 4.69) is 15.6 Å². The minimum atomic E-state index is -0.119. The molecule has 26 heavy (non-hydrogen) atoms. The molecule has 0 bridgehead atoms. The van der Waals surface area contributed by atoms with E-state index in [-0.39, 0.29) is 24.2 Å². The van der Waals surface area contributed by atoms with E-state index in [1.165, 1.54) is 0 Å². The fourth-order valence-electron chi connectivity index (χ4n) is 2.19. The van der Waals surface area contributed by atoms with Gasteiger partial charge in [0.2, 0.25) is 11.8 Å². The molecule has 0 radical (unpaired) electrons. The standard InChI is InChI=1S/C19H19N3O2S2/c1-12(2)18(24)21-14-7-5-13(6-8-14)20-17(23)10-15-11-26-19(22-15)16-4-3-9-25-16/h3-9,11-12H,10H2,1-2H3,(H,20,23)(H,21,24). The molecular weight excluding hydrogens is 366 g/mol. The number of nitrogens with one attached hydrogen (secondary N) is 2. The van der Waals surface area contributed by atoms with Crippen LogP contribution in [0.4, 0.5) is 11.4 Å². The van der Waals surface area contributed by atoms with Gasteiger partial charge in [0.05, 0.1) is 17.0 Å². The van der Waals surface area contributed by atoms with Crippen molar-refractivity contribution in [2.24, 2.45) is 5.92 Å². The van der Waals surface area contributed by atoms with Gasteiger partial charge in [0.25, 0.3) is 0 Å². The van der Waals surface area contributed by atoms with Crippen LogP contribution in [-0.2, 0) is 16.0 Å². The van der Waals surface area contributed by atoms with Gasteiger partial charge in [-0.3, -0.25) is 9.59 Å². The molecule has 2 heterocycles. The third kappa shape index (κ3) is 4.77. The SMILES string of the molecule is CC(C)C(=O)Nc1ccc(NC(=O)Cc2csc(-c3cccs3)n2)cc1. The van der Waals surface area contributed by atoms with Crippen LogP contribution in [0, 0.1) is 5.92 Å². The number of rotatable bonds is 6. The first kappa shape index (κ1) is 18.3. The van der Waals surface area contributed by atoms with E-state index < -0.39 is 0 Å². The lowest BCUT2D eigenvalue weighted by Gasteiger charge is -2.09. The van der Waals surface area contributed by atoms with Crippen LogP contribution in [-0.4, -0.2) is 16.8 Å². The Morgan fingerprint density at radius 3 is 2.35 bits per heavy atom. The third-order valence-electron chi connectivity index (χ3n) is 3.59. The van der Waals surface area contributed by atoms with Gasteiger partial charge in [-0.25, -0.2) is 4.98 Å². The zero-order chi connectivity index (χ0) is 18.5. The molecule has 0 fully saturated rings. The van der Waals surface area contributed by atoms with Crippen LogP contribution in [0.5, 0.6) is 0 Å². The molecule has 3 rings (SSSR count). The molecular formula is C19H19N3O2S2. The third-order valence-corrected chi connectivity index (χ3v) is 5.52. The average Bonchev–Trinajstić information content (AvgIpc) is 3.27. The quantitative estimate of drug-likeness (QED) is 0.649. The van der Waals surface area contributed by atoms with Crippen LogP contribution in [0.3, 0.4) is 0 Å². The number of hydrogen-bond acceptors (Lipinski definition) is 5. The summed E-state index contributed by atoms with van der Waals surface area (Å²) >= 11 is 3.18. The maximum Gasteiger partial charge on any atom is 0.230 e. The summed E-state index contributed by atoms with van der Waals surface area (Å²) in [6.45, 7) is 3.68. The number of anilines is 2. The summed E-state index contributed by atoms with van der Waals surface area (Å²) in [4.78, 5) is 29.5. The smallest absolute Gasteiger partial charge is 0.230 e. The minimum Gasteiger partial charge on any atom is -0.326 e. The van der Waals surface area contributed by atoms with Crippen molar-refractivity contribution in [3.63, 3.8) is 0 Å². The molecule has 3 aromatic rings. The lowest BCUT2D eigenvalue weighted by molar-refractivity contribution is -0.119. The number of thiazole rings is 1.